The highest BCUT2D eigenvalue weighted by Crippen LogP contribution is 2.54. The fourth-order valence-corrected chi connectivity index (χ4v) is 5.91. The van der Waals surface area contributed by atoms with Gasteiger partial charge in [-0.25, -0.2) is 0 Å². The number of rotatable bonds is 7. The van der Waals surface area contributed by atoms with E-state index >= 15 is 0 Å². The first kappa shape index (κ1) is 20.8. The summed E-state index contributed by atoms with van der Waals surface area (Å²) in [6.07, 6.45) is 0. The van der Waals surface area contributed by atoms with Crippen LogP contribution in [0.2, 0.25) is 0 Å². The van der Waals surface area contributed by atoms with Crippen molar-refractivity contribution < 1.29 is 9.53 Å². The first-order valence-corrected chi connectivity index (χ1v) is 11.0. The lowest BCUT2D eigenvalue weighted by molar-refractivity contribution is -0.148. The van der Waals surface area contributed by atoms with E-state index < -0.39 is 10.6 Å². The van der Waals surface area contributed by atoms with Crippen LogP contribution in [0.1, 0.15) is 23.6 Å². The van der Waals surface area contributed by atoms with Crippen LogP contribution in [-0.2, 0) is 20.1 Å². The van der Waals surface area contributed by atoms with Gasteiger partial charge in [-0.3, -0.25) is 4.79 Å². The Bertz CT molecular complexity index is 860. The van der Waals surface area contributed by atoms with Crippen LogP contribution in [0, 0.1) is 0 Å². The van der Waals surface area contributed by atoms with Crippen molar-refractivity contribution in [2.45, 2.75) is 17.5 Å². The minimum atomic E-state index is -1.02. The standard InChI is InChI=1S/C24H24BrO2P/c1-2-27-22(26)24(28,21-16-10-5-11-17-21)23(18-25,19-12-6-3-7-13-19)20-14-8-4-9-15-20/h3-17H,2,18,28H2,1H3. The molecule has 0 radical (unpaired) electrons. The number of esters is 1. The van der Waals surface area contributed by atoms with E-state index in [1.807, 2.05) is 73.7 Å². The van der Waals surface area contributed by atoms with Crippen LogP contribution in [0.25, 0.3) is 0 Å². The third kappa shape index (κ3) is 3.43. The van der Waals surface area contributed by atoms with Gasteiger partial charge in [-0.2, -0.15) is 0 Å². The van der Waals surface area contributed by atoms with E-state index in [4.69, 9.17) is 4.74 Å². The van der Waals surface area contributed by atoms with Crippen LogP contribution in [0.4, 0.5) is 0 Å². The normalized spacial score (nSPS) is 13.5. The molecule has 2 atom stereocenters. The SMILES string of the molecule is CCOC(=O)C(P)(c1ccccc1)C(CBr)(c1ccccc1)c1ccccc1. The number of carbonyl (C=O) groups excluding carboxylic acids is 1. The summed E-state index contributed by atoms with van der Waals surface area (Å²) in [6, 6.07) is 30.2. The molecule has 0 spiro atoms. The van der Waals surface area contributed by atoms with Gasteiger partial charge in [-0.05, 0) is 23.6 Å². The number of alkyl halides is 1. The quantitative estimate of drug-likeness (QED) is 0.260. The molecule has 2 nitrogen and oxygen atoms in total. The molecule has 0 aliphatic carbocycles. The Morgan fingerprint density at radius 1 is 0.821 bits per heavy atom. The molecule has 144 valence electrons. The molecule has 0 heterocycles. The van der Waals surface area contributed by atoms with E-state index in [0.29, 0.717) is 11.9 Å². The number of hydrogen-bond donors (Lipinski definition) is 0. The molecule has 28 heavy (non-hydrogen) atoms. The Balaban J connectivity index is 2.40. The summed E-state index contributed by atoms with van der Waals surface area (Å²) in [5.74, 6) is -0.265. The van der Waals surface area contributed by atoms with Gasteiger partial charge in [0.25, 0.3) is 0 Å². The Kier molecular flexibility index (Phi) is 6.69. The van der Waals surface area contributed by atoms with Gasteiger partial charge in [0.2, 0.25) is 0 Å². The number of ether oxygens (including phenoxy) is 1. The maximum atomic E-state index is 13.6. The molecular weight excluding hydrogens is 431 g/mol. The van der Waals surface area contributed by atoms with Gasteiger partial charge >= 0.3 is 5.97 Å². The third-order valence-electron chi connectivity index (χ3n) is 5.23. The van der Waals surface area contributed by atoms with Gasteiger partial charge < -0.3 is 4.74 Å². The van der Waals surface area contributed by atoms with E-state index in [1.54, 1.807) is 0 Å². The molecule has 3 rings (SSSR count). The zero-order valence-corrected chi connectivity index (χ0v) is 18.6. The predicted molar refractivity (Wildman–Crippen MR) is 122 cm³/mol. The lowest BCUT2D eigenvalue weighted by atomic mass is 9.64. The van der Waals surface area contributed by atoms with E-state index in [1.165, 1.54) is 0 Å². The summed E-state index contributed by atoms with van der Waals surface area (Å²) in [5, 5.41) is -0.471. The maximum Gasteiger partial charge on any atom is 0.321 e. The third-order valence-corrected chi connectivity index (χ3v) is 7.14. The second-order valence-corrected chi connectivity index (χ2v) is 8.09. The average molecular weight is 455 g/mol. The minimum Gasteiger partial charge on any atom is -0.465 e. The van der Waals surface area contributed by atoms with Crippen LogP contribution in [0.5, 0.6) is 0 Å². The number of hydrogen-bond acceptors (Lipinski definition) is 2. The van der Waals surface area contributed by atoms with Crippen molar-refractivity contribution in [3.8, 4) is 0 Å². The van der Waals surface area contributed by atoms with Crippen LogP contribution in [0.3, 0.4) is 0 Å². The van der Waals surface area contributed by atoms with Gasteiger partial charge in [0.15, 0.2) is 0 Å². The number of carbonyl (C=O) groups is 1. The molecule has 3 aromatic rings. The Hall–Kier alpha value is -1.96. The second-order valence-electron chi connectivity index (χ2n) is 6.67. The van der Waals surface area contributed by atoms with Crippen molar-refractivity contribution in [3.63, 3.8) is 0 Å². The van der Waals surface area contributed by atoms with E-state index in [9.17, 15) is 4.79 Å². The van der Waals surface area contributed by atoms with Gasteiger partial charge in [-0.15, -0.1) is 9.24 Å². The van der Waals surface area contributed by atoms with Gasteiger partial charge in [0, 0.05) is 5.33 Å². The Morgan fingerprint density at radius 2 is 1.21 bits per heavy atom. The lowest BCUT2D eigenvalue weighted by Crippen LogP contribution is -2.53. The van der Waals surface area contributed by atoms with Crippen molar-refractivity contribution in [2.75, 3.05) is 11.9 Å². The number of halogens is 1. The first-order chi connectivity index (χ1) is 13.6. The van der Waals surface area contributed by atoms with Gasteiger partial charge in [-0.1, -0.05) is 107 Å². The summed E-state index contributed by atoms with van der Waals surface area (Å²) < 4.78 is 5.63. The summed E-state index contributed by atoms with van der Waals surface area (Å²) >= 11 is 3.78. The van der Waals surface area contributed by atoms with Gasteiger partial charge in [0.05, 0.1) is 12.0 Å². The molecule has 0 amide bonds. The summed E-state index contributed by atoms with van der Waals surface area (Å²) in [7, 11) is 2.85. The van der Waals surface area contributed by atoms with Crippen molar-refractivity contribution in [2.24, 2.45) is 0 Å². The first-order valence-electron chi connectivity index (χ1n) is 9.30. The molecule has 0 aliphatic rings. The molecule has 0 N–H and O–H groups in total. The van der Waals surface area contributed by atoms with E-state index in [2.05, 4.69) is 49.4 Å². The fourth-order valence-electron chi connectivity index (χ4n) is 3.81. The second kappa shape index (κ2) is 9.03. The highest BCUT2D eigenvalue weighted by atomic mass is 79.9. The molecule has 0 saturated heterocycles. The van der Waals surface area contributed by atoms with E-state index in [-0.39, 0.29) is 5.97 Å². The summed E-state index contributed by atoms with van der Waals surface area (Å²) in [5.41, 5.74) is 2.30. The van der Waals surface area contributed by atoms with Crippen molar-refractivity contribution >= 4 is 31.1 Å². The smallest absolute Gasteiger partial charge is 0.321 e. The monoisotopic (exact) mass is 454 g/mol. The van der Waals surface area contributed by atoms with Crippen LogP contribution < -0.4 is 0 Å². The molecule has 0 aliphatic heterocycles. The summed E-state index contributed by atoms with van der Waals surface area (Å²) in [4.78, 5) is 13.6. The molecule has 0 fully saturated rings. The Labute approximate surface area is 177 Å². The minimum absolute atomic E-state index is 0.265. The lowest BCUT2D eigenvalue weighted by Gasteiger charge is -2.47. The number of benzene rings is 3. The fraction of sp³-hybridized carbons (Fsp3) is 0.208. The molecule has 0 aromatic heterocycles. The average Bonchev–Trinajstić information content (AvgIpc) is 2.76. The largest absolute Gasteiger partial charge is 0.465 e. The van der Waals surface area contributed by atoms with E-state index in [0.717, 1.165) is 16.7 Å². The molecule has 4 heteroatoms. The summed E-state index contributed by atoms with van der Waals surface area (Å²) in [6.45, 7) is 2.17. The predicted octanol–water partition coefficient (Wildman–Crippen LogP) is 5.70. The molecule has 3 aromatic carbocycles. The zero-order valence-electron chi connectivity index (χ0n) is 15.8. The van der Waals surface area contributed by atoms with Crippen LogP contribution in [0.15, 0.2) is 91.0 Å². The van der Waals surface area contributed by atoms with Gasteiger partial charge in [0.1, 0.15) is 5.16 Å². The highest BCUT2D eigenvalue weighted by Gasteiger charge is 2.57. The van der Waals surface area contributed by atoms with Crippen LogP contribution in [-0.4, -0.2) is 17.9 Å². The molecule has 0 saturated carbocycles. The van der Waals surface area contributed by atoms with Crippen LogP contribution >= 0.6 is 25.2 Å². The van der Waals surface area contributed by atoms with Crippen molar-refractivity contribution in [3.05, 3.63) is 108 Å². The Morgan fingerprint density at radius 3 is 1.57 bits per heavy atom. The van der Waals surface area contributed by atoms with Crippen molar-refractivity contribution in [1.29, 1.82) is 0 Å². The van der Waals surface area contributed by atoms with Crippen molar-refractivity contribution in [1.82, 2.24) is 0 Å². The molecular formula is C24H24BrO2P. The topological polar surface area (TPSA) is 26.3 Å². The highest BCUT2D eigenvalue weighted by molar-refractivity contribution is 9.09. The zero-order chi connectivity index (χ0) is 20.0. The molecule has 2 unspecified atom stereocenters. The molecule has 0 bridgehead atoms. The maximum absolute atomic E-state index is 13.6.